The van der Waals surface area contributed by atoms with Crippen molar-refractivity contribution in [2.24, 2.45) is 10.8 Å². The quantitative estimate of drug-likeness (QED) is 0.458. The van der Waals surface area contributed by atoms with E-state index in [0.29, 0.717) is 12.1 Å². The Morgan fingerprint density at radius 1 is 1.30 bits per heavy atom. The molecule has 0 aliphatic rings. The number of amides is 1. The van der Waals surface area contributed by atoms with Gasteiger partial charge in [0.05, 0.1) is 17.8 Å². The normalized spacial score (nSPS) is 10.2. The summed E-state index contributed by atoms with van der Waals surface area (Å²) in [7, 11) is 0. The molecule has 4 N–H and O–H groups in total. The Labute approximate surface area is 138 Å². The van der Waals surface area contributed by atoms with E-state index in [2.05, 4.69) is 22.4 Å². The number of carbonyl (C=O) groups excluding carboxylic acids is 1. The van der Waals surface area contributed by atoms with E-state index in [4.69, 9.17) is 17.3 Å². The van der Waals surface area contributed by atoms with Crippen LogP contribution in [0.5, 0.6) is 5.75 Å². The molecule has 0 aliphatic heterocycles. The molecule has 0 bridgehead atoms. The van der Waals surface area contributed by atoms with Crippen molar-refractivity contribution in [2.45, 2.75) is 0 Å². The Morgan fingerprint density at radius 2 is 2.04 bits per heavy atom. The highest BCUT2D eigenvalue weighted by molar-refractivity contribution is 6.32. The summed E-state index contributed by atoms with van der Waals surface area (Å²) in [6.45, 7) is 0.316. The van der Waals surface area contributed by atoms with E-state index < -0.39 is 5.91 Å². The van der Waals surface area contributed by atoms with Gasteiger partial charge in [-0.3, -0.25) is 4.79 Å². The lowest BCUT2D eigenvalue weighted by Gasteiger charge is -2.02. The van der Waals surface area contributed by atoms with E-state index in [0.717, 1.165) is 11.1 Å². The highest BCUT2D eigenvalue weighted by atomic mass is 35.5. The van der Waals surface area contributed by atoms with Gasteiger partial charge >= 0.3 is 0 Å². The van der Waals surface area contributed by atoms with Crippen LogP contribution >= 0.6 is 11.6 Å². The largest absolute Gasteiger partial charge is 0.506 e. The first-order chi connectivity index (χ1) is 11.1. The van der Waals surface area contributed by atoms with Crippen molar-refractivity contribution >= 4 is 23.7 Å². The second-order valence-electron chi connectivity index (χ2n) is 4.49. The lowest BCUT2D eigenvalue weighted by atomic mass is 10.1. The molecular weight excluding hydrogens is 314 g/mol. The van der Waals surface area contributed by atoms with E-state index in [1.807, 2.05) is 24.3 Å². The standard InChI is InChI=1S/C17H14ClN3O2/c18-15-10-14(7-8-16(15)22)17(23)21-20-11-13-5-3-12(4-6-13)2-1-9-19/h3-8,10-11,22H,9,19H2,(H,21,23). The zero-order chi connectivity index (χ0) is 16.7. The van der Waals surface area contributed by atoms with Crippen LogP contribution in [0.4, 0.5) is 0 Å². The van der Waals surface area contributed by atoms with Crippen LogP contribution in [0.3, 0.4) is 0 Å². The van der Waals surface area contributed by atoms with Gasteiger partial charge < -0.3 is 10.8 Å². The summed E-state index contributed by atoms with van der Waals surface area (Å²) in [6.07, 6.45) is 1.51. The molecule has 2 aromatic carbocycles. The Morgan fingerprint density at radius 3 is 2.70 bits per heavy atom. The van der Waals surface area contributed by atoms with E-state index in [1.54, 1.807) is 0 Å². The number of carbonyl (C=O) groups is 1. The number of phenolic OH excluding ortho intramolecular Hbond substituents is 1. The summed E-state index contributed by atoms with van der Waals surface area (Å²) in [6, 6.07) is 11.5. The molecule has 0 radical (unpaired) electrons. The molecule has 0 atom stereocenters. The minimum Gasteiger partial charge on any atom is -0.506 e. The number of hydrazone groups is 1. The van der Waals surface area contributed by atoms with Gasteiger partial charge in [0.25, 0.3) is 5.91 Å². The molecule has 116 valence electrons. The van der Waals surface area contributed by atoms with Gasteiger partial charge in [0, 0.05) is 11.1 Å². The topological polar surface area (TPSA) is 87.7 Å². The maximum absolute atomic E-state index is 11.9. The Hall–Kier alpha value is -2.81. The van der Waals surface area contributed by atoms with Crippen molar-refractivity contribution in [1.82, 2.24) is 5.43 Å². The van der Waals surface area contributed by atoms with Crippen LogP contribution in [0.15, 0.2) is 47.6 Å². The summed E-state index contributed by atoms with van der Waals surface area (Å²) >= 11 is 5.75. The van der Waals surface area contributed by atoms with Crippen LogP contribution in [0.25, 0.3) is 0 Å². The average molecular weight is 328 g/mol. The molecule has 0 heterocycles. The SMILES string of the molecule is NCC#Cc1ccc(C=NNC(=O)c2ccc(O)c(Cl)c2)cc1. The molecule has 0 spiro atoms. The Kier molecular flexibility index (Phi) is 5.75. The van der Waals surface area contributed by atoms with Crippen LogP contribution in [0, 0.1) is 11.8 Å². The van der Waals surface area contributed by atoms with Crippen molar-refractivity contribution in [3.8, 4) is 17.6 Å². The van der Waals surface area contributed by atoms with E-state index >= 15 is 0 Å². The first kappa shape index (κ1) is 16.6. The molecule has 0 saturated heterocycles. The van der Waals surface area contributed by atoms with E-state index in [-0.39, 0.29) is 10.8 Å². The molecule has 0 aliphatic carbocycles. The van der Waals surface area contributed by atoms with Gasteiger partial charge in [-0.2, -0.15) is 5.10 Å². The molecule has 0 unspecified atom stereocenters. The number of phenols is 1. The highest BCUT2D eigenvalue weighted by Crippen LogP contribution is 2.23. The number of nitrogens with zero attached hydrogens (tertiary/aromatic N) is 1. The van der Waals surface area contributed by atoms with Gasteiger partial charge in [-0.05, 0) is 35.9 Å². The van der Waals surface area contributed by atoms with Crippen LogP contribution in [-0.2, 0) is 0 Å². The zero-order valence-corrected chi connectivity index (χ0v) is 12.8. The summed E-state index contributed by atoms with van der Waals surface area (Å²) in [4.78, 5) is 11.9. The number of rotatable bonds is 3. The van der Waals surface area contributed by atoms with E-state index in [1.165, 1.54) is 24.4 Å². The number of nitrogens with one attached hydrogen (secondary N) is 1. The summed E-state index contributed by atoms with van der Waals surface area (Å²) in [5.74, 6) is 5.18. The van der Waals surface area contributed by atoms with Gasteiger partial charge in [-0.1, -0.05) is 35.6 Å². The van der Waals surface area contributed by atoms with Crippen molar-refractivity contribution in [3.05, 3.63) is 64.2 Å². The lowest BCUT2D eigenvalue weighted by molar-refractivity contribution is 0.0955. The lowest BCUT2D eigenvalue weighted by Crippen LogP contribution is -2.17. The van der Waals surface area contributed by atoms with Gasteiger partial charge in [0.2, 0.25) is 0 Å². The second-order valence-corrected chi connectivity index (χ2v) is 4.90. The molecule has 5 nitrogen and oxygen atoms in total. The molecule has 0 fully saturated rings. The van der Waals surface area contributed by atoms with Crippen molar-refractivity contribution < 1.29 is 9.90 Å². The van der Waals surface area contributed by atoms with Crippen molar-refractivity contribution in [2.75, 3.05) is 6.54 Å². The van der Waals surface area contributed by atoms with Gasteiger partial charge in [0.1, 0.15) is 5.75 Å². The fourth-order valence-corrected chi connectivity index (χ4v) is 1.86. The maximum Gasteiger partial charge on any atom is 0.271 e. The Bertz CT molecular complexity index is 790. The highest BCUT2D eigenvalue weighted by Gasteiger charge is 2.07. The average Bonchev–Trinajstić information content (AvgIpc) is 2.56. The number of halogens is 1. The maximum atomic E-state index is 11.9. The minimum absolute atomic E-state index is 0.0791. The predicted molar refractivity (Wildman–Crippen MR) is 90.6 cm³/mol. The van der Waals surface area contributed by atoms with Crippen LogP contribution in [0.1, 0.15) is 21.5 Å². The Balaban J connectivity index is 1.98. The van der Waals surface area contributed by atoms with Gasteiger partial charge in [0.15, 0.2) is 0 Å². The molecule has 1 amide bonds. The third-order valence-corrected chi connectivity index (χ3v) is 3.14. The molecule has 23 heavy (non-hydrogen) atoms. The van der Waals surface area contributed by atoms with Crippen LogP contribution in [-0.4, -0.2) is 23.8 Å². The van der Waals surface area contributed by atoms with Crippen molar-refractivity contribution in [3.63, 3.8) is 0 Å². The third-order valence-electron chi connectivity index (χ3n) is 2.84. The van der Waals surface area contributed by atoms with Crippen molar-refractivity contribution in [1.29, 1.82) is 0 Å². The monoisotopic (exact) mass is 327 g/mol. The summed E-state index contributed by atoms with van der Waals surface area (Å²) in [5, 5.41) is 13.3. The molecule has 0 aromatic heterocycles. The van der Waals surface area contributed by atoms with Gasteiger partial charge in [-0.15, -0.1) is 0 Å². The fourth-order valence-electron chi connectivity index (χ4n) is 1.68. The molecule has 2 rings (SSSR count). The second kappa shape index (κ2) is 7.99. The van der Waals surface area contributed by atoms with Crippen LogP contribution in [0.2, 0.25) is 5.02 Å². The molecule has 6 heteroatoms. The fraction of sp³-hybridized carbons (Fsp3) is 0.0588. The number of hydrogen-bond donors (Lipinski definition) is 3. The van der Waals surface area contributed by atoms with Gasteiger partial charge in [-0.25, -0.2) is 5.43 Å². The molecular formula is C17H14ClN3O2. The number of nitrogens with two attached hydrogens (primary N) is 1. The number of aromatic hydroxyl groups is 1. The number of benzene rings is 2. The predicted octanol–water partition coefficient (Wildman–Crippen LogP) is 2.12. The first-order valence-electron chi connectivity index (χ1n) is 6.71. The molecule has 2 aromatic rings. The zero-order valence-electron chi connectivity index (χ0n) is 12.1. The smallest absolute Gasteiger partial charge is 0.271 e. The number of hydrogen-bond acceptors (Lipinski definition) is 4. The van der Waals surface area contributed by atoms with Crippen LogP contribution < -0.4 is 11.2 Å². The summed E-state index contributed by atoms with van der Waals surface area (Å²) < 4.78 is 0. The summed E-state index contributed by atoms with van der Waals surface area (Å²) in [5.41, 5.74) is 9.67. The third kappa shape index (κ3) is 4.85. The van der Waals surface area contributed by atoms with E-state index in [9.17, 15) is 9.90 Å². The minimum atomic E-state index is -0.423. The molecule has 0 saturated carbocycles. The first-order valence-corrected chi connectivity index (χ1v) is 7.09.